The first kappa shape index (κ1) is 15.3. The van der Waals surface area contributed by atoms with E-state index in [2.05, 4.69) is 10.0 Å². The van der Waals surface area contributed by atoms with Crippen LogP contribution in [-0.4, -0.2) is 43.9 Å². The van der Waals surface area contributed by atoms with Crippen molar-refractivity contribution >= 4 is 0 Å². The molecule has 0 spiro atoms. The average molecular weight is 305 g/mol. The van der Waals surface area contributed by atoms with E-state index in [4.69, 9.17) is 24.5 Å². The lowest BCUT2D eigenvalue weighted by Gasteiger charge is -2.38. The van der Waals surface area contributed by atoms with Gasteiger partial charge in [-0.15, -0.1) is 0 Å². The van der Waals surface area contributed by atoms with Crippen LogP contribution in [0.15, 0.2) is 35.4 Å². The molecule has 22 heavy (non-hydrogen) atoms. The molecule has 2 aliphatic heterocycles. The SMILES string of the molecule is CCO[C@H]1C(N=[N+]=[N-])[C@@H]2OCC(O2)[C@H]1OCc1ccccc1. The van der Waals surface area contributed by atoms with Gasteiger partial charge in [0, 0.05) is 11.5 Å². The maximum absolute atomic E-state index is 8.78. The Hall–Kier alpha value is -1.63. The van der Waals surface area contributed by atoms with Gasteiger partial charge in [0.1, 0.15) is 18.2 Å². The van der Waals surface area contributed by atoms with Crippen LogP contribution in [0.5, 0.6) is 0 Å². The van der Waals surface area contributed by atoms with Crippen molar-refractivity contribution in [3.05, 3.63) is 46.3 Å². The van der Waals surface area contributed by atoms with Gasteiger partial charge in [-0.25, -0.2) is 0 Å². The Morgan fingerprint density at radius 1 is 1.27 bits per heavy atom. The van der Waals surface area contributed by atoms with Crippen molar-refractivity contribution in [1.29, 1.82) is 0 Å². The van der Waals surface area contributed by atoms with Crippen molar-refractivity contribution in [3.8, 4) is 0 Å². The van der Waals surface area contributed by atoms with E-state index in [1.807, 2.05) is 37.3 Å². The second-order valence-electron chi connectivity index (χ2n) is 5.25. The van der Waals surface area contributed by atoms with E-state index in [9.17, 15) is 0 Å². The summed E-state index contributed by atoms with van der Waals surface area (Å²) >= 11 is 0. The van der Waals surface area contributed by atoms with Crippen LogP contribution in [0.1, 0.15) is 12.5 Å². The normalized spacial score (nSPS) is 33.4. The third kappa shape index (κ3) is 3.09. The van der Waals surface area contributed by atoms with Gasteiger partial charge in [0.25, 0.3) is 0 Å². The Morgan fingerprint density at radius 2 is 2.09 bits per heavy atom. The molecule has 7 nitrogen and oxygen atoms in total. The molecule has 0 aromatic heterocycles. The topological polar surface area (TPSA) is 85.7 Å². The minimum atomic E-state index is -0.547. The Labute approximate surface area is 128 Å². The van der Waals surface area contributed by atoms with Crippen LogP contribution in [0.4, 0.5) is 0 Å². The average Bonchev–Trinajstić information content (AvgIpc) is 2.98. The van der Waals surface area contributed by atoms with Gasteiger partial charge in [0.15, 0.2) is 6.29 Å². The van der Waals surface area contributed by atoms with E-state index in [-0.39, 0.29) is 18.3 Å². The van der Waals surface area contributed by atoms with E-state index in [1.165, 1.54) is 0 Å². The van der Waals surface area contributed by atoms with Gasteiger partial charge in [-0.3, -0.25) is 0 Å². The molecule has 2 fully saturated rings. The van der Waals surface area contributed by atoms with E-state index >= 15 is 0 Å². The second-order valence-corrected chi connectivity index (χ2v) is 5.25. The van der Waals surface area contributed by atoms with Crippen LogP contribution in [0.25, 0.3) is 10.4 Å². The van der Waals surface area contributed by atoms with Gasteiger partial charge < -0.3 is 18.9 Å². The molecule has 1 aromatic carbocycles. The van der Waals surface area contributed by atoms with E-state index in [1.54, 1.807) is 0 Å². The Bertz CT molecular complexity index is 535. The summed E-state index contributed by atoms with van der Waals surface area (Å²) in [5.74, 6) is 0. The van der Waals surface area contributed by atoms with Gasteiger partial charge in [-0.1, -0.05) is 35.4 Å². The molecule has 3 rings (SSSR count). The van der Waals surface area contributed by atoms with Crippen molar-refractivity contribution < 1.29 is 18.9 Å². The van der Waals surface area contributed by atoms with Crippen LogP contribution in [0, 0.1) is 0 Å². The molecular weight excluding hydrogens is 286 g/mol. The van der Waals surface area contributed by atoms with E-state index < -0.39 is 12.3 Å². The molecule has 2 bridgehead atoms. The summed E-state index contributed by atoms with van der Waals surface area (Å²) in [7, 11) is 0. The predicted octanol–water partition coefficient (Wildman–Crippen LogP) is 2.41. The van der Waals surface area contributed by atoms with Crippen molar-refractivity contribution in [2.45, 2.75) is 44.2 Å². The summed E-state index contributed by atoms with van der Waals surface area (Å²) in [4.78, 5) is 2.89. The van der Waals surface area contributed by atoms with Crippen LogP contribution in [-0.2, 0) is 25.6 Å². The summed E-state index contributed by atoms with van der Waals surface area (Å²) in [5, 5.41) is 3.79. The first-order chi connectivity index (χ1) is 10.8. The molecule has 0 amide bonds. The van der Waals surface area contributed by atoms with Gasteiger partial charge in [0.05, 0.1) is 19.3 Å². The zero-order valence-corrected chi connectivity index (χ0v) is 12.4. The summed E-state index contributed by atoms with van der Waals surface area (Å²) in [6.45, 7) is 3.28. The van der Waals surface area contributed by atoms with E-state index in [0.717, 1.165) is 5.56 Å². The lowest BCUT2D eigenvalue weighted by molar-refractivity contribution is -0.207. The highest BCUT2D eigenvalue weighted by Crippen LogP contribution is 2.34. The van der Waals surface area contributed by atoms with Gasteiger partial charge in [-0.05, 0) is 18.0 Å². The number of rotatable bonds is 6. The predicted molar refractivity (Wildman–Crippen MR) is 78.0 cm³/mol. The Morgan fingerprint density at radius 3 is 2.82 bits per heavy atom. The van der Waals surface area contributed by atoms with Crippen molar-refractivity contribution in [1.82, 2.24) is 0 Å². The molecule has 2 saturated heterocycles. The minimum absolute atomic E-state index is 0.199. The molecule has 0 saturated carbocycles. The molecule has 5 atom stereocenters. The number of fused-ring (bicyclic) bond motifs is 2. The van der Waals surface area contributed by atoms with Crippen molar-refractivity contribution in [3.63, 3.8) is 0 Å². The van der Waals surface area contributed by atoms with Gasteiger partial charge in [0.2, 0.25) is 0 Å². The molecular formula is C15H19N3O4. The van der Waals surface area contributed by atoms with Crippen LogP contribution >= 0.6 is 0 Å². The first-order valence-corrected chi connectivity index (χ1v) is 7.42. The molecule has 2 heterocycles. The molecule has 2 aliphatic rings. The summed E-state index contributed by atoms with van der Waals surface area (Å²) in [6.07, 6.45) is -1.44. The molecule has 2 unspecified atom stereocenters. The number of benzene rings is 1. The highest BCUT2D eigenvalue weighted by Gasteiger charge is 2.51. The zero-order valence-electron chi connectivity index (χ0n) is 12.4. The molecule has 0 aliphatic carbocycles. The number of hydrogen-bond acceptors (Lipinski definition) is 5. The fraction of sp³-hybridized carbons (Fsp3) is 0.600. The molecule has 118 valence electrons. The second kappa shape index (κ2) is 7.09. The molecule has 0 N–H and O–H groups in total. The fourth-order valence-corrected chi connectivity index (χ4v) is 2.89. The number of azide groups is 1. The number of ether oxygens (including phenoxy) is 4. The maximum atomic E-state index is 8.78. The Kier molecular flexibility index (Phi) is 4.92. The first-order valence-electron chi connectivity index (χ1n) is 7.42. The van der Waals surface area contributed by atoms with Crippen LogP contribution in [0.2, 0.25) is 0 Å². The molecule has 7 heteroatoms. The maximum Gasteiger partial charge on any atom is 0.169 e. The summed E-state index contributed by atoms with van der Waals surface area (Å²) < 4.78 is 23.1. The third-order valence-corrected chi connectivity index (χ3v) is 3.87. The summed E-state index contributed by atoms with van der Waals surface area (Å²) in [6, 6.07) is 9.35. The lowest BCUT2D eigenvalue weighted by atomic mass is 9.99. The number of hydrogen-bond donors (Lipinski definition) is 0. The third-order valence-electron chi connectivity index (χ3n) is 3.87. The van der Waals surface area contributed by atoms with Crippen molar-refractivity contribution in [2.24, 2.45) is 5.11 Å². The zero-order chi connectivity index (χ0) is 15.4. The van der Waals surface area contributed by atoms with Crippen LogP contribution < -0.4 is 0 Å². The van der Waals surface area contributed by atoms with E-state index in [0.29, 0.717) is 19.8 Å². The highest BCUT2D eigenvalue weighted by molar-refractivity contribution is 5.13. The lowest BCUT2D eigenvalue weighted by Crippen LogP contribution is -2.55. The largest absolute Gasteiger partial charge is 0.375 e. The standard InChI is InChI=1S/C15H19N3O4/c1-2-19-14-12(17-18-16)15-21-9-11(22-15)13(14)20-8-10-6-4-3-5-7-10/h3-7,11-15H,2,8-9H2,1H3/t11?,12?,13-,14+,15-/m1/s1. The highest BCUT2D eigenvalue weighted by atomic mass is 16.7. The minimum Gasteiger partial charge on any atom is -0.375 e. The van der Waals surface area contributed by atoms with Crippen LogP contribution in [0.3, 0.4) is 0 Å². The van der Waals surface area contributed by atoms with Gasteiger partial charge >= 0.3 is 0 Å². The number of nitrogens with zero attached hydrogens (tertiary/aromatic N) is 3. The molecule has 1 aromatic rings. The fourth-order valence-electron chi connectivity index (χ4n) is 2.89. The quantitative estimate of drug-likeness (QED) is 0.459. The summed E-state index contributed by atoms with van der Waals surface area (Å²) in [5.41, 5.74) is 9.85. The molecule has 0 radical (unpaired) electrons. The Balaban J connectivity index is 1.75. The smallest absolute Gasteiger partial charge is 0.169 e. The van der Waals surface area contributed by atoms with Crippen molar-refractivity contribution in [2.75, 3.05) is 13.2 Å². The van der Waals surface area contributed by atoms with Gasteiger partial charge in [-0.2, -0.15) is 0 Å². The monoisotopic (exact) mass is 305 g/mol.